The maximum atomic E-state index is 11.0. The standard InChI is InChI=1S/C21H20N4O2/c26-25(27)18-8-4-5-15(13-18)9-10-16-14-23-21-19(11-12-22-21)20(16)24-17-6-2-1-3-7-17/h4-5,8,11-14,17H,1-3,6-7H2,(H2,22,23,24). The normalized spacial score (nSPS) is 14.5. The van der Waals surface area contributed by atoms with Crippen LogP contribution in [0, 0.1) is 22.0 Å². The van der Waals surface area contributed by atoms with Crippen molar-refractivity contribution in [2.75, 3.05) is 5.32 Å². The molecule has 0 saturated heterocycles. The molecule has 3 aromatic rings. The van der Waals surface area contributed by atoms with Gasteiger partial charge in [0.2, 0.25) is 0 Å². The van der Waals surface area contributed by atoms with Gasteiger partial charge >= 0.3 is 0 Å². The molecule has 0 bridgehead atoms. The molecule has 1 aliphatic carbocycles. The fraction of sp³-hybridized carbons (Fsp3) is 0.286. The number of nitrogens with one attached hydrogen (secondary N) is 2. The van der Waals surface area contributed by atoms with E-state index in [4.69, 9.17) is 0 Å². The van der Waals surface area contributed by atoms with Crippen LogP contribution in [-0.2, 0) is 0 Å². The van der Waals surface area contributed by atoms with Crippen LogP contribution in [0.25, 0.3) is 11.0 Å². The Hall–Kier alpha value is -3.33. The summed E-state index contributed by atoms with van der Waals surface area (Å²) in [6.45, 7) is 0. The zero-order valence-electron chi connectivity index (χ0n) is 14.9. The number of non-ortho nitro benzene ring substituents is 1. The third kappa shape index (κ3) is 3.77. The van der Waals surface area contributed by atoms with Crippen LogP contribution >= 0.6 is 0 Å². The van der Waals surface area contributed by atoms with Gasteiger partial charge in [0.1, 0.15) is 5.65 Å². The number of benzene rings is 1. The van der Waals surface area contributed by atoms with Gasteiger partial charge in [-0.1, -0.05) is 37.2 Å². The number of hydrogen-bond donors (Lipinski definition) is 2. The zero-order valence-corrected chi connectivity index (χ0v) is 14.9. The number of pyridine rings is 1. The van der Waals surface area contributed by atoms with Gasteiger partial charge in [-0.3, -0.25) is 10.1 Å². The number of aromatic nitrogens is 2. The van der Waals surface area contributed by atoms with E-state index in [1.807, 2.05) is 12.3 Å². The summed E-state index contributed by atoms with van der Waals surface area (Å²) in [5.41, 5.74) is 3.28. The molecule has 1 aliphatic rings. The number of H-pyrrole nitrogens is 1. The van der Waals surface area contributed by atoms with Crippen LogP contribution < -0.4 is 5.32 Å². The van der Waals surface area contributed by atoms with Gasteiger partial charge in [-0.2, -0.15) is 0 Å². The number of anilines is 1. The summed E-state index contributed by atoms with van der Waals surface area (Å²) >= 11 is 0. The van der Waals surface area contributed by atoms with Gasteiger partial charge < -0.3 is 10.3 Å². The van der Waals surface area contributed by atoms with E-state index < -0.39 is 4.92 Å². The topological polar surface area (TPSA) is 83.8 Å². The van der Waals surface area contributed by atoms with Crippen LogP contribution in [0.2, 0.25) is 0 Å². The molecule has 2 aromatic heterocycles. The Bertz CT molecular complexity index is 1040. The molecule has 4 rings (SSSR count). The Morgan fingerprint density at radius 3 is 2.85 bits per heavy atom. The fourth-order valence-electron chi connectivity index (χ4n) is 3.55. The second-order valence-corrected chi connectivity index (χ2v) is 6.82. The number of hydrogen-bond acceptors (Lipinski definition) is 4. The lowest BCUT2D eigenvalue weighted by Crippen LogP contribution is -2.22. The van der Waals surface area contributed by atoms with Crippen LogP contribution in [0.5, 0.6) is 0 Å². The summed E-state index contributed by atoms with van der Waals surface area (Å²) in [4.78, 5) is 18.1. The molecule has 6 heteroatoms. The SMILES string of the molecule is O=[N+]([O-])c1cccc(C#Cc2cnc3[nH]ccc3c2NC2CCCCC2)c1. The number of aromatic amines is 1. The first kappa shape index (κ1) is 17.1. The molecule has 0 aliphatic heterocycles. The third-order valence-electron chi connectivity index (χ3n) is 4.94. The maximum absolute atomic E-state index is 11.0. The lowest BCUT2D eigenvalue weighted by molar-refractivity contribution is -0.384. The van der Waals surface area contributed by atoms with Crippen molar-refractivity contribution in [3.8, 4) is 11.8 Å². The Balaban J connectivity index is 1.70. The highest BCUT2D eigenvalue weighted by molar-refractivity contribution is 5.92. The van der Waals surface area contributed by atoms with E-state index in [0.29, 0.717) is 11.6 Å². The molecule has 0 spiro atoms. The van der Waals surface area contributed by atoms with Gasteiger partial charge in [0.15, 0.2) is 0 Å². The highest BCUT2D eigenvalue weighted by Crippen LogP contribution is 2.29. The maximum Gasteiger partial charge on any atom is 0.270 e. The summed E-state index contributed by atoms with van der Waals surface area (Å²) in [6, 6.07) is 8.83. The number of nitro groups is 1. The molecule has 2 N–H and O–H groups in total. The summed E-state index contributed by atoms with van der Waals surface area (Å²) in [5.74, 6) is 6.20. The predicted octanol–water partition coefficient (Wildman–Crippen LogP) is 4.62. The Morgan fingerprint density at radius 1 is 1.19 bits per heavy atom. The molecule has 27 heavy (non-hydrogen) atoms. The predicted molar refractivity (Wildman–Crippen MR) is 106 cm³/mol. The van der Waals surface area contributed by atoms with Gasteiger partial charge in [-0.25, -0.2) is 4.98 Å². The van der Waals surface area contributed by atoms with Crippen molar-refractivity contribution >= 4 is 22.4 Å². The number of rotatable bonds is 3. The molecule has 1 fully saturated rings. The van der Waals surface area contributed by atoms with Crippen molar-refractivity contribution in [1.82, 2.24) is 9.97 Å². The monoisotopic (exact) mass is 360 g/mol. The van der Waals surface area contributed by atoms with Crippen LogP contribution in [0.3, 0.4) is 0 Å². The molecule has 1 aromatic carbocycles. The second kappa shape index (κ2) is 7.50. The Kier molecular flexibility index (Phi) is 4.75. The highest BCUT2D eigenvalue weighted by atomic mass is 16.6. The lowest BCUT2D eigenvalue weighted by Gasteiger charge is -2.24. The molecule has 2 heterocycles. The Labute approximate surface area is 157 Å². The summed E-state index contributed by atoms with van der Waals surface area (Å²) < 4.78 is 0. The van der Waals surface area contributed by atoms with E-state index in [1.165, 1.54) is 31.4 Å². The molecule has 0 radical (unpaired) electrons. The van der Waals surface area contributed by atoms with Crippen molar-refractivity contribution in [3.05, 3.63) is 64.0 Å². The van der Waals surface area contributed by atoms with E-state index in [0.717, 1.165) is 35.1 Å². The highest BCUT2D eigenvalue weighted by Gasteiger charge is 2.16. The summed E-state index contributed by atoms with van der Waals surface area (Å²) in [5, 5.41) is 15.6. The van der Waals surface area contributed by atoms with Gasteiger partial charge in [0, 0.05) is 41.5 Å². The average molecular weight is 360 g/mol. The summed E-state index contributed by atoms with van der Waals surface area (Å²) in [7, 11) is 0. The van der Waals surface area contributed by atoms with E-state index in [2.05, 4.69) is 27.1 Å². The number of nitro benzene ring substituents is 1. The van der Waals surface area contributed by atoms with Crippen molar-refractivity contribution < 1.29 is 4.92 Å². The number of nitrogens with zero attached hydrogens (tertiary/aromatic N) is 2. The number of fused-ring (bicyclic) bond motifs is 1. The minimum absolute atomic E-state index is 0.0431. The first-order valence-corrected chi connectivity index (χ1v) is 9.20. The molecule has 6 nitrogen and oxygen atoms in total. The molecule has 0 unspecified atom stereocenters. The largest absolute Gasteiger partial charge is 0.381 e. The molecular weight excluding hydrogens is 340 g/mol. The van der Waals surface area contributed by atoms with E-state index in [1.54, 1.807) is 18.3 Å². The van der Waals surface area contributed by atoms with Gasteiger partial charge in [-0.05, 0) is 25.0 Å². The minimum atomic E-state index is -0.408. The molecule has 0 atom stereocenters. The second-order valence-electron chi connectivity index (χ2n) is 6.82. The van der Waals surface area contributed by atoms with E-state index in [-0.39, 0.29) is 5.69 Å². The van der Waals surface area contributed by atoms with Crippen molar-refractivity contribution in [1.29, 1.82) is 0 Å². The Morgan fingerprint density at radius 2 is 2.04 bits per heavy atom. The van der Waals surface area contributed by atoms with Gasteiger partial charge in [-0.15, -0.1) is 0 Å². The zero-order chi connectivity index (χ0) is 18.6. The van der Waals surface area contributed by atoms with Gasteiger partial charge in [0.05, 0.1) is 16.2 Å². The van der Waals surface area contributed by atoms with Gasteiger partial charge in [0.25, 0.3) is 5.69 Å². The van der Waals surface area contributed by atoms with Crippen LogP contribution in [0.15, 0.2) is 42.7 Å². The lowest BCUT2D eigenvalue weighted by atomic mass is 9.95. The van der Waals surface area contributed by atoms with Crippen LogP contribution in [0.1, 0.15) is 43.2 Å². The van der Waals surface area contributed by atoms with Crippen molar-refractivity contribution in [2.24, 2.45) is 0 Å². The fourth-order valence-corrected chi connectivity index (χ4v) is 3.55. The van der Waals surface area contributed by atoms with E-state index >= 15 is 0 Å². The molecular formula is C21H20N4O2. The summed E-state index contributed by atoms with van der Waals surface area (Å²) in [6.07, 6.45) is 9.74. The molecule has 0 amide bonds. The van der Waals surface area contributed by atoms with Crippen molar-refractivity contribution in [2.45, 2.75) is 38.1 Å². The van der Waals surface area contributed by atoms with Crippen LogP contribution in [-0.4, -0.2) is 20.9 Å². The third-order valence-corrected chi connectivity index (χ3v) is 4.94. The smallest absolute Gasteiger partial charge is 0.270 e. The quantitative estimate of drug-likeness (QED) is 0.406. The van der Waals surface area contributed by atoms with E-state index in [9.17, 15) is 10.1 Å². The first-order valence-electron chi connectivity index (χ1n) is 9.20. The molecule has 1 saturated carbocycles. The van der Waals surface area contributed by atoms with Crippen molar-refractivity contribution in [3.63, 3.8) is 0 Å². The average Bonchev–Trinajstić information content (AvgIpc) is 3.17. The first-order chi connectivity index (χ1) is 13.2. The van der Waals surface area contributed by atoms with Crippen LogP contribution in [0.4, 0.5) is 11.4 Å². The molecule has 136 valence electrons. The minimum Gasteiger partial charge on any atom is -0.381 e.